The van der Waals surface area contributed by atoms with E-state index < -0.39 is 17.6 Å². The molecule has 1 rings (SSSR count). The largest absolute Gasteiger partial charge is 0.0845 e. The normalized spacial score (nSPS) is 11.3. The van der Waals surface area contributed by atoms with Gasteiger partial charge in [-0.2, -0.15) is 0 Å². The first kappa shape index (κ1) is 11.0. The van der Waals surface area contributed by atoms with Crippen molar-refractivity contribution in [3.63, 3.8) is 0 Å². The van der Waals surface area contributed by atoms with Crippen LogP contribution < -0.4 is 10.4 Å². The predicted octanol–water partition coefficient (Wildman–Crippen LogP) is 1.73. The molecular weight excluding hydrogens is 212 g/mol. The summed E-state index contributed by atoms with van der Waals surface area (Å²) < 4.78 is 0. The van der Waals surface area contributed by atoms with Gasteiger partial charge in [-0.15, -0.1) is 0 Å². The summed E-state index contributed by atoms with van der Waals surface area (Å²) in [6, 6.07) is 6.39. The lowest BCUT2D eigenvalue weighted by atomic mass is 10.4. The first-order valence-corrected chi connectivity index (χ1v) is 11.0. The Kier molecular flexibility index (Phi) is 3.77. The maximum absolute atomic E-state index is 6.23. The van der Waals surface area contributed by atoms with Crippen LogP contribution in [-0.2, 0) is 0 Å². The first-order valence-electron chi connectivity index (χ1n) is 4.82. The van der Waals surface area contributed by atoms with E-state index in [1.807, 2.05) is 6.07 Å². The smallest absolute Gasteiger partial charge is 0.0665 e. The Morgan fingerprint density at radius 3 is 2.00 bits per heavy atom. The molecule has 0 atom stereocenters. The van der Waals surface area contributed by atoms with Crippen LogP contribution >= 0.6 is 11.6 Å². The number of rotatable bonds is 2. The molecule has 0 aliphatic carbocycles. The summed E-state index contributed by atoms with van der Waals surface area (Å²) in [5.41, 5.74) is 0. The summed E-state index contributed by atoms with van der Waals surface area (Å²) in [5.74, 6) is 0. The molecule has 0 saturated heterocycles. The van der Waals surface area contributed by atoms with Crippen LogP contribution in [0.3, 0.4) is 0 Å². The first-order chi connectivity index (χ1) is 6.04. The molecule has 0 spiro atoms. The molecule has 0 saturated carbocycles. The predicted molar refractivity (Wildman–Crippen MR) is 68.5 cm³/mol. The molecule has 0 aromatic heterocycles. The second-order valence-corrected chi connectivity index (χ2v) is 10.3. The third kappa shape index (κ3) is 2.45. The van der Waals surface area contributed by atoms with Gasteiger partial charge in [0.25, 0.3) is 0 Å². The molecule has 1 aromatic carbocycles. The Balaban J connectivity index is 3.26. The highest BCUT2D eigenvalue weighted by Crippen LogP contribution is 2.05. The van der Waals surface area contributed by atoms with Gasteiger partial charge in [0.2, 0.25) is 0 Å². The van der Waals surface area contributed by atoms with Crippen LogP contribution in [0, 0.1) is 0 Å². The molecule has 3 heteroatoms. The number of hydrogen-bond donors (Lipinski definition) is 0. The van der Waals surface area contributed by atoms with Gasteiger partial charge in [-0.3, -0.25) is 0 Å². The second-order valence-electron chi connectivity index (χ2n) is 4.05. The molecule has 0 amide bonds. The van der Waals surface area contributed by atoms with Crippen molar-refractivity contribution in [2.45, 2.75) is 26.2 Å². The minimum Gasteiger partial charge on any atom is -0.0845 e. The van der Waals surface area contributed by atoms with E-state index in [2.05, 4.69) is 38.3 Å². The SMILES string of the molecule is C[SiH](C)c1cccc(Cl)c1[SiH](C)C. The van der Waals surface area contributed by atoms with E-state index in [9.17, 15) is 0 Å². The average Bonchev–Trinajstić information content (AvgIpc) is 2.02. The lowest BCUT2D eigenvalue weighted by Gasteiger charge is -2.15. The van der Waals surface area contributed by atoms with Crippen LogP contribution in [0.15, 0.2) is 18.2 Å². The Hall–Kier alpha value is -0.0562. The molecule has 0 nitrogen and oxygen atoms in total. The fourth-order valence-electron chi connectivity index (χ4n) is 1.67. The van der Waals surface area contributed by atoms with Gasteiger partial charge in [-0.05, 0) is 11.3 Å². The maximum Gasteiger partial charge on any atom is 0.0665 e. The highest BCUT2D eigenvalue weighted by molar-refractivity contribution is 6.83. The van der Waals surface area contributed by atoms with Gasteiger partial charge >= 0.3 is 0 Å². The second kappa shape index (κ2) is 4.44. The van der Waals surface area contributed by atoms with E-state index in [-0.39, 0.29) is 0 Å². The van der Waals surface area contributed by atoms with Crippen molar-refractivity contribution < 1.29 is 0 Å². The van der Waals surface area contributed by atoms with Crippen molar-refractivity contribution in [2.24, 2.45) is 0 Å². The van der Waals surface area contributed by atoms with Crippen LogP contribution in [-0.4, -0.2) is 17.6 Å². The molecule has 72 valence electrons. The molecule has 0 fully saturated rings. The van der Waals surface area contributed by atoms with E-state index in [0.29, 0.717) is 0 Å². The van der Waals surface area contributed by atoms with Crippen LogP contribution in [0.25, 0.3) is 0 Å². The molecule has 13 heavy (non-hydrogen) atoms. The number of hydrogen-bond acceptors (Lipinski definition) is 0. The summed E-state index contributed by atoms with van der Waals surface area (Å²) in [7, 11) is -1.46. The van der Waals surface area contributed by atoms with Crippen LogP contribution in [0.5, 0.6) is 0 Å². The monoisotopic (exact) mass is 228 g/mol. The van der Waals surface area contributed by atoms with E-state index in [1.165, 1.54) is 5.19 Å². The minimum absolute atomic E-state index is 0.702. The zero-order valence-electron chi connectivity index (χ0n) is 8.76. The summed E-state index contributed by atoms with van der Waals surface area (Å²) in [6.07, 6.45) is 0. The van der Waals surface area contributed by atoms with Gasteiger partial charge in [0.05, 0.1) is 17.6 Å². The maximum atomic E-state index is 6.23. The van der Waals surface area contributed by atoms with Gasteiger partial charge < -0.3 is 0 Å². The molecule has 0 heterocycles. The summed E-state index contributed by atoms with van der Waals surface area (Å²) >= 11 is 6.23. The standard InChI is InChI=1S/C10H17ClSi2/c1-12(2)9-7-5-6-8(11)10(9)13(3)4/h5-7,12-13H,1-4H3. The van der Waals surface area contributed by atoms with Crippen molar-refractivity contribution >= 4 is 39.6 Å². The topological polar surface area (TPSA) is 0 Å². The molecule has 0 radical (unpaired) electrons. The quantitative estimate of drug-likeness (QED) is 0.677. The molecule has 0 N–H and O–H groups in total. The van der Waals surface area contributed by atoms with E-state index in [4.69, 9.17) is 11.6 Å². The molecular formula is C10H17ClSi2. The van der Waals surface area contributed by atoms with Crippen LogP contribution in [0.1, 0.15) is 0 Å². The lowest BCUT2D eigenvalue weighted by Crippen LogP contribution is -2.44. The molecule has 0 aliphatic heterocycles. The summed E-state index contributed by atoms with van der Waals surface area (Å²) in [6.45, 7) is 9.43. The Bertz CT molecular complexity index is 295. The fourth-order valence-corrected chi connectivity index (χ4v) is 7.28. The van der Waals surface area contributed by atoms with Crippen molar-refractivity contribution in [3.8, 4) is 0 Å². The third-order valence-electron chi connectivity index (χ3n) is 2.29. The molecule has 0 bridgehead atoms. The Morgan fingerprint density at radius 2 is 1.62 bits per heavy atom. The number of halogens is 1. The minimum atomic E-state index is -0.761. The van der Waals surface area contributed by atoms with Crippen LogP contribution in [0.2, 0.25) is 31.2 Å². The van der Waals surface area contributed by atoms with E-state index >= 15 is 0 Å². The number of benzene rings is 1. The van der Waals surface area contributed by atoms with E-state index in [0.717, 1.165) is 5.02 Å². The molecule has 1 aromatic rings. The zero-order valence-corrected chi connectivity index (χ0v) is 11.8. The fraction of sp³-hybridized carbons (Fsp3) is 0.400. The average molecular weight is 229 g/mol. The van der Waals surface area contributed by atoms with Crippen molar-refractivity contribution in [3.05, 3.63) is 23.2 Å². The molecule has 0 aliphatic rings. The van der Waals surface area contributed by atoms with Crippen LogP contribution in [0.4, 0.5) is 0 Å². The van der Waals surface area contributed by atoms with Gasteiger partial charge in [0, 0.05) is 5.02 Å². The van der Waals surface area contributed by atoms with Gasteiger partial charge in [-0.25, -0.2) is 0 Å². The van der Waals surface area contributed by atoms with Gasteiger partial charge in [0.1, 0.15) is 0 Å². The Labute approximate surface area is 89.1 Å². The highest BCUT2D eigenvalue weighted by Gasteiger charge is 2.13. The highest BCUT2D eigenvalue weighted by atomic mass is 35.5. The summed E-state index contributed by atoms with van der Waals surface area (Å²) in [4.78, 5) is 0. The van der Waals surface area contributed by atoms with E-state index in [1.54, 1.807) is 5.19 Å². The Morgan fingerprint density at radius 1 is 1.00 bits per heavy atom. The molecule has 0 unspecified atom stereocenters. The van der Waals surface area contributed by atoms with Crippen molar-refractivity contribution in [2.75, 3.05) is 0 Å². The third-order valence-corrected chi connectivity index (χ3v) is 6.68. The van der Waals surface area contributed by atoms with Crippen molar-refractivity contribution in [1.82, 2.24) is 0 Å². The lowest BCUT2D eigenvalue weighted by molar-refractivity contribution is 1.76. The summed E-state index contributed by atoms with van der Waals surface area (Å²) in [5, 5.41) is 4.08. The van der Waals surface area contributed by atoms with Gasteiger partial charge in [-0.1, -0.05) is 55.1 Å². The zero-order chi connectivity index (χ0) is 10.0. The van der Waals surface area contributed by atoms with Crippen molar-refractivity contribution in [1.29, 1.82) is 0 Å². The van der Waals surface area contributed by atoms with Gasteiger partial charge in [0.15, 0.2) is 0 Å².